The fourth-order valence-corrected chi connectivity index (χ4v) is 2.13. The van der Waals surface area contributed by atoms with Gasteiger partial charge in [-0.05, 0) is 49.2 Å². The van der Waals surface area contributed by atoms with Crippen LogP contribution in [0.5, 0.6) is 17.2 Å². The number of thiocarbonyl (C=S) groups is 1. The van der Waals surface area contributed by atoms with Gasteiger partial charge in [0.15, 0.2) is 11.5 Å². The summed E-state index contributed by atoms with van der Waals surface area (Å²) in [7, 11) is 4.65. The van der Waals surface area contributed by atoms with Crippen LogP contribution in [0.2, 0.25) is 0 Å². The second kappa shape index (κ2) is 9.34. The van der Waals surface area contributed by atoms with Gasteiger partial charge in [-0.25, -0.2) is 4.99 Å². The largest absolute Gasteiger partial charge is 0.493 e. The van der Waals surface area contributed by atoms with E-state index >= 15 is 0 Å². The number of nitrogens with zero attached hydrogens (tertiary/aromatic N) is 1. The Bertz CT molecular complexity index is 475. The van der Waals surface area contributed by atoms with Crippen molar-refractivity contribution in [1.82, 2.24) is 0 Å². The standard InChI is InChI=1S/C15H21NO4S/c1-18-13-8-11(9-14(19-2)15(13)20-3)12(17)6-4-5-7-16-10-21/h8-9,12,17H,4-7H2,1-3H3. The smallest absolute Gasteiger partial charge is 0.203 e. The Balaban J connectivity index is 2.79. The summed E-state index contributed by atoms with van der Waals surface area (Å²) in [5.74, 6) is 1.60. The summed E-state index contributed by atoms with van der Waals surface area (Å²) in [6.07, 6.45) is 1.75. The molecule has 6 heteroatoms. The van der Waals surface area contributed by atoms with Crippen LogP contribution >= 0.6 is 12.2 Å². The van der Waals surface area contributed by atoms with Gasteiger partial charge in [-0.1, -0.05) is 0 Å². The summed E-state index contributed by atoms with van der Waals surface area (Å²) in [6, 6.07) is 3.53. The topological polar surface area (TPSA) is 60.3 Å². The first-order chi connectivity index (χ1) is 10.2. The molecule has 1 rings (SSSR count). The number of hydrogen-bond acceptors (Lipinski definition) is 6. The Morgan fingerprint density at radius 1 is 1.14 bits per heavy atom. The lowest BCUT2D eigenvalue weighted by Crippen LogP contribution is -2.02. The third kappa shape index (κ3) is 5.01. The number of rotatable bonds is 9. The van der Waals surface area contributed by atoms with Crippen molar-refractivity contribution >= 4 is 17.4 Å². The van der Waals surface area contributed by atoms with Crippen molar-refractivity contribution in [1.29, 1.82) is 0 Å². The number of ether oxygens (including phenoxy) is 3. The van der Waals surface area contributed by atoms with Crippen molar-refractivity contribution in [2.45, 2.75) is 25.4 Å². The van der Waals surface area contributed by atoms with Crippen LogP contribution in [0, 0.1) is 0 Å². The lowest BCUT2D eigenvalue weighted by Gasteiger charge is -2.17. The Labute approximate surface area is 130 Å². The molecule has 0 heterocycles. The molecule has 0 aliphatic carbocycles. The second-order valence-electron chi connectivity index (χ2n) is 4.44. The number of unbranched alkanes of at least 4 members (excludes halogenated alkanes) is 1. The van der Waals surface area contributed by atoms with Crippen LogP contribution in [0.25, 0.3) is 0 Å². The van der Waals surface area contributed by atoms with E-state index in [1.54, 1.807) is 33.5 Å². The van der Waals surface area contributed by atoms with E-state index in [9.17, 15) is 5.11 Å². The minimum Gasteiger partial charge on any atom is -0.493 e. The first kappa shape index (κ1) is 17.4. The number of methoxy groups -OCH3 is 3. The van der Waals surface area contributed by atoms with Crippen LogP contribution in [0.4, 0.5) is 0 Å². The van der Waals surface area contributed by atoms with Gasteiger partial charge in [0, 0.05) is 6.54 Å². The van der Waals surface area contributed by atoms with Gasteiger partial charge >= 0.3 is 0 Å². The van der Waals surface area contributed by atoms with Crippen LogP contribution in [-0.2, 0) is 0 Å². The number of isothiocyanates is 1. The first-order valence-corrected chi connectivity index (χ1v) is 7.10. The summed E-state index contributed by atoms with van der Waals surface area (Å²) >= 11 is 4.50. The average Bonchev–Trinajstić information content (AvgIpc) is 2.52. The van der Waals surface area contributed by atoms with Crippen molar-refractivity contribution in [2.24, 2.45) is 4.99 Å². The molecule has 0 spiro atoms. The molecule has 0 bridgehead atoms. The molecule has 0 fully saturated rings. The van der Waals surface area contributed by atoms with E-state index in [4.69, 9.17) is 14.2 Å². The van der Waals surface area contributed by atoms with Crippen molar-refractivity contribution < 1.29 is 19.3 Å². The predicted molar refractivity (Wildman–Crippen MR) is 84.8 cm³/mol. The molecular weight excluding hydrogens is 290 g/mol. The van der Waals surface area contributed by atoms with Gasteiger partial charge in [-0.2, -0.15) is 0 Å². The second-order valence-corrected chi connectivity index (χ2v) is 4.63. The summed E-state index contributed by atoms with van der Waals surface area (Å²) in [5.41, 5.74) is 0.739. The molecule has 1 aromatic rings. The van der Waals surface area contributed by atoms with Gasteiger partial charge in [-0.15, -0.1) is 0 Å². The molecule has 1 aromatic carbocycles. The van der Waals surface area contributed by atoms with Crippen LogP contribution in [0.1, 0.15) is 30.9 Å². The van der Waals surface area contributed by atoms with Crippen molar-refractivity contribution in [2.75, 3.05) is 27.9 Å². The van der Waals surface area contributed by atoms with Gasteiger partial charge in [0.2, 0.25) is 5.75 Å². The van der Waals surface area contributed by atoms with Gasteiger partial charge < -0.3 is 19.3 Å². The maximum atomic E-state index is 10.3. The maximum absolute atomic E-state index is 10.3. The number of aliphatic hydroxyl groups is 1. The molecular formula is C15H21NO4S. The van der Waals surface area contributed by atoms with Gasteiger partial charge in [0.1, 0.15) is 0 Å². The molecule has 0 saturated heterocycles. The molecule has 1 atom stereocenters. The lowest BCUT2D eigenvalue weighted by molar-refractivity contribution is 0.163. The monoisotopic (exact) mass is 311 g/mol. The third-order valence-electron chi connectivity index (χ3n) is 3.13. The quantitative estimate of drug-likeness (QED) is 0.431. The van der Waals surface area contributed by atoms with Crippen molar-refractivity contribution in [3.8, 4) is 17.2 Å². The zero-order valence-electron chi connectivity index (χ0n) is 12.6. The first-order valence-electron chi connectivity index (χ1n) is 6.69. The Hall–Kier alpha value is -1.62. The normalized spacial score (nSPS) is 11.4. The molecule has 0 aliphatic rings. The van der Waals surface area contributed by atoms with Gasteiger partial charge in [0.25, 0.3) is 0 Å². The maximum Gasteiger partial charge on any atom is 0.203 e. The van der Waals surface area contributed by atoms with E-state index in [0.717, 1.165) is 18.4 Å². The fraction of sp³-hybridized carbons (Fsp3) is 0.533. The number of aliphatic imine (C=N–C) groups is 1. The highest BCUT2D eigenvalue weighted by Crippen LogP contribution is 2.40. The molecule has 1 unspecified atom stereocenters. The van der Waals surface area contributed by atoms with Gasteiger partial charge in [0.05, 0.1) is 32.6 Å². The summed E-state index contributed by atoms with van der Waals surface area (Å²) in [4.78, 5) is 3.85. The summed E-state index contributed by atoms with van der Waals surface area (Å²) < 4.78 is 15.8. The Morgan fingerprint density at radius 3 is 2.24 bits per heavy atom. The number of benzene rings is 1. The fourth-order valence-electron chi connectivity index (χ4n) is 2.03. The summed E-state index contributed by atoms with van der Waals surface area (Å²) in [5, 5.41) is 12.6. The van der Waals surface area contributed by atoms with E-state index in [1.165, 1.54) is 0 Å². The minimum atomic E-state index is -0.588. The van der Waals surface area contributed by atoms with Crippen LogP contribution < -0.4 is 14.2 Å². The highest BCUT2D eigenvalue weighted by molar-refractivity contribution is 7.78. The minimum absolute atomic E-state index is 0.520. The molecule has 0 aromatic heterocycles. The molecule has 0 aliphatic heterocycles. The van der Waals surface area contributed by atoms with Crippen LogP contribution in [0.15, 0.2) is 17.1 Å². The van der Waals surface area contributed by atoms with E-state index in [-0.39, 0.29) is 0 Å². The van der Waals surface area contributed by atoms with Crippen LogP contribution in [-0.4, -0.2) is 38.1 Å². The summed E-state index contributed by atoms with van der Waals surface area (Å²) in [6.45, 7) is 0.644. The predicted octanol–water partition coefficient (Wildman–Crippen LogP) is 3.02. The van der Waals surface area contributed by atoms with Crippen molar-refractivity contribution in [3.63, 3.8) is 0 Å². The molecule has 0 saturated carbocycles. The molecule has 0 amide bonds. The SMILES string of the molecule is COc1cc(C(O)CCCCN=C=S)cc(OC)c1OC. The third-order valence-corrected chi connectivity index (χ3v) is 3.26. The zero-order valence-corrected chi connectivity index (χ0v) is 13.4. The number of aliphatic hydroxyl groups excluding tert-OH is 1. The number of hydrogen-bond donors (Lipinski definition) is 1. The van der Waals surface area contributed by atoms with Crippen molar-refractivity contribution in [3.05, 3.63) is 17.7 Å². The highest BCUT2D eigenvalue weighted by Gasteiger charge is 2.17. The average molecular weight is 311 g/mol. The van der Waals surface area contributed by atoms with Crippen LogP contribution in [0.3, 0.4) is 0 Å². The Morgan fingerprint density at radius 2 is 1.76 bits per heavy atom. The highest BCUT2D eigenvalue weighted by atomic mass is 32.1. The molecule has 0 radical (unpaired) electrons. The van der Waals surface area contributed by atoms with E-state index in [2.05, 4.69) is 22.4 Å². The van der Waals surface area contributed by atoms with E-state index < -0.39 is 6.10 Å². The molecule has 5 nitrogen and oxygen atoms in total. The van der Waals surface area contributed by atoms with Gasteiger partial charge in [-0.3, -0.25) is 0 Å². The van der Waals surface area contributed by atoms with E-state index in [1.807, 2.05) is 0 Å². The Kier molecular flexibility index (Phi) is 7.75. The zero-order chi connectivity index (χ0) is 15.7. The molecule has 21 heavy (non-hydrogen) atoms. The lowest BCUT2D eigenvalue weighted by atomic mass is 10.0. The molecule has 116 valence electrons. The van der Waals surface area contributed by atoms with E-state index in [0.29, 0.717) is 30.2 Å². The molecule has 1 N–H and O–H groups in total.